The molecule has 6 heteroatoms. The Hall–Kier alpha value is -1.59. The van der Waals surface area contributed by atoms with Crippen molar-refractivity contribution >= 4 is 29.1 Å². The van der Waals surface area contributed by atoms with Gasteiger partial charge in [-0.2, -0.15) is 0 Å². The Morgan fingerprint density at radius 1 is 1.41 bits per heavy atom. The van der Waals surface area contributed by atoms with Crippen LogP contribution in [0.1, 0.15) is 16.8 Å². The summed E-state index contributed by atoms with van der Waals surface area (Å²) in [5, 5.41) is 5.53. The van der Waals surface area contributed by atoms with Crippen molar-refractivity contribution in [1.29, 1.82) is 0 Å². The Balaban J connectivity index is 2.98. The number of nitrogens with two attached hydrogens (primary N) is 1. The second-order valence-electron chi connectivity index (χ2n) is 3.36. The fraction of sp³-hybridized carbons (Fsp3) is 0.273. The van der Waals surface area contributed by atoms with E-state index in [1.54, 1.807) is 12.1 Å². The van der Waals surface area contributed by atoms with Gasteiger partial charge in [-0.1, -0.05) is 11.6 Å². The number of rotatable bonds is 4. The Morgan fingerprint density at radius 2 is 2.12 bits per heavy atom. The van der Waals surface area contributed by atoms with Crippen LogP contribution in [0.25, 0.3) is 0 Å². The number of hydrogen-bond acceptors (Lipinski definition) is 3. The highest BCUT2D eigenvalue weighted by atomic mass is 35.5. The van der Waals surface area contributed by atoms with E-state index in [4.69, 9.17) is 17.3 Å². The molecule has 1 rings (SSSR count). The van der Waals surface area contributed by atoms with E-state index in [1.165, 1.54) is 13.1 Å². The smallest absolute Gasteiger partial charge is 0.253 e. The van der Waals surface area contributed by atoms with Crippen molar-refractivity contribution in [2.75, 3.05) is 18.9 Å². The van der Waals surface area contributed by atoms with Gasteiger partial charge in [-0.05, 0) is 18.2 Å². The Morgan fingerprint density at radius 3 is 2.71 bits per heavy atom. The van der Waals surface area contributed by atoms with Crippen LogP contribution in [0.4, 0.5) is 5.69 Å². The Labute approximate surface area is 104 Å². The zero-order valence-electron chi connectivity index (χ0n) is 9.42. The number of hydrogen-bond donors (Lipinski definition) is 3. The third-order valence-electron chi connectivity index (χ3n) is 2.10. The van der Waals surface area contributed by atoms with E-state index in [-0.39, 0.29) is 24.8 Å². The number of halogens is 1. The van der Waals surface area contributed by atoms with Crippen LogP contribution in [0.5, 0.6) is 0 Å². The average Bonchev–Trinajstić information content (AvgIpc) is 2.30. The summed E-state index contributed by atoms with van der Waals surface area (Å²) < 4.78 is 0. The lowest BCUT2D eigenvalue weighted by molar-refractivity contribution is -0.116. The van der Waals surface area contributed by atoms with Crippen LogP contribution in [0, 0.1) is 0 Å². The molecule has 0 saturated heterocycles. The summed E-state index contributed by atoms with van der Waals surface area (Å²) in [6.45, 7) is 0.259. The molecule has 0 aliphatic rings. The lowest BCUT2D eigenvalue weighted by Crippen LogP contribution is -2.22. The highest BCUT2D eigenvalue weighted by molar-refractivity contribution is 6.31. The first-order valence-corrected chi connectivity index (χ1v) is 5.48. The van der Waals surface area contributed by atoms with E-state index in [2.05, 4.69) is 10.6 Å². The first kappa shape index (κ1) is 13.5. The van der Waals surface area contributed by atoms with Crippen LogP contribution >= 0.6 is 11.6 Å². The lowest BCUT2D eigenvalue weighted by Gasteiger charge is -2.10. The molecule has 0 aromatic heterocycles. The van der Waals surface area contributed by atoms with Gasteiger partial charge in [-0.3, -0.25) is 9.59 Å². The van der Waals surface area contributed by atoms with Crippen LogP contribution in [0.3, 0.4) is 0 Å². The maximum absolute atomic E-state index is 11.6. The van der Waals surface area contributed by atoms with Crippen molar-refractivity contribution in [3.63, 3.8) is 0 Å². The second kappa shape index (κ2) is 6.22. The molecular formula is C11H14ClN3O2. The molecule has 0 heterocycles. The summed E-state index contributed by atoms with van der Waals surface area (Å²) in [6.07, 6.45) is 0.204. The zero-order chi connectivity index (χ0) is 12.8. The van der Waals surface area contributed by atoms with E-state index in [0.29, 0.717) is 16.3 Å². The summed E-state index contributed by atoms with van der Waals surface area (Å²) in [7, 11) is 1.51. The largest absolute Gasteiger partial charge is 0.355 e. The molecule has 5 nitrogen and oxygen atoms in total. The molecule has 0 bridgehead atoms. The van der Waals surface area contributed by atoms with Gasteiger partial charge in [-0.25, -0.2) is 0 Å². The molecule has 1 aromatic carbocycles. The molecule has 0 atom stereocenters. The third kappa shape index (κ3) is 3.72. The van der Waals surface area contributed by atoms with Crippen molar-refractivity contribution in [3.8, 4) is 0 Å². The number of carbonyl (C=O) groups is 2. The van der Waals surface area contributed by atoms with E-state index in [1.807, 2.05) is 0 Å². The third-order valence-corrected chi connectivity index (χ3v) is 2.33. The molecule has 2 amide bonds. The van der Waals surface area contributed by atoms with Crippen LogP contribution in [-0.4, -0.2) is 25.4 Å². The van der Waals surface area contributed by atoms with Gasteiger partial charge in [0.15, 0.2) is 0 Å². The van der Waals surface area contributed by atoms with Crippen LogP contribution < -0.4 is 16.4 Å². The summed E-state index contributed by atoms with van der Waals surface area (Å²) in [4.78, 5) is 23.0. The van der Waals surface area contributed by atoms with Crippen molar-refractivity contribution in [2.45, 2.75) is 6.42 Å². The normalized spacial score (nSPS) is 9.82. The second-order valence-corrected chi connectivity index (χ2v) is 3.79. The molecular weight excluding hydrogens is 242 g/mol. The Kier molecular flexibility index (Phi) is 4.93. The molecule has 1 aromatic rings. The molecule has 4 N–H and O–H groups in total. The van der Waals surface area contributed by atoms with Crippen LogP contribution in [0.2, 0.25) is 5.02 Å². The van der Waals surface area contributed by atoms with E-state index >= 15 is 0 Å². The predicted molar refractivity (Wildman–Crippen MR) is 67.1 cm³/mol. The number of amides is 2. The molecule has 17 heavy (non-hydrogen) atoms. The number of benzene rings is 1. The van der Waals surface area contributed by atoms with E-state index < -0.39 is 0 Å². The van der Waals surface area contributed by atoms with Gasteiger partial charge in [0.05, 0.1) is 11.3 Å². The molecule has 0 aliphatic heterocycles. The van der Waals surface area contributed by atoms with Crippen molar-refractivity contribution in [1.82, 2.24) is 5.32 Å². The minimum absolute atomic E-state index is 0.204. The highest BCUT2D eigenvalue weighted by Gasteiger charge is 2.12. The quantitative estimate of drug-likeness (QED) is 0.750. The SMILES string of the molecule is CNC(=O)c1cc(Cl)ccc1NC(=O)CCN. The summed E-state index contributed by atoms with van der Waals surface area (Å²) in [5.74, 6) is -0.546. The van der Waals surface area contributed by atoms with Crippen LogP contribution in [-0.2, 0) is 4.79 Å². The molecule has 0 aliphatic carbocycles. The summed E-state index contributed by atoms with van der Waals surface area (Å²) >= 11 is 5.80. The van der Waals surface area contributed by atoms with Gasteiger partial charge in [-0.15, -0.1) is 0 Å². The van der Waals surface area contributed by atoms with Gasteiger partial charge < -0.3 is 16.4 Å². The van der Waals surface area contributed by atoms with Gasteiger partial charge in [0.1, 0.15) is 0 Å². The molecule has 0 saturated carbocycles. The summed E-state index contributed by atoms with van der Waals surface area (Å²) in [6, 6.07) is 4.69. The number of carbonyl (C=O) groups excluding carboxylic acids is 2. The number of nitrogens with one attached hydrogen (secondary N) is 2. The molecule has 0 unspecified atom stereocenters. The van der Waals surface area contributed by atoms with Gasteiger partial charge in [0.25, 0.3) is 5.91 Å². The fourth-order valence-electron chi connectivity index (χ4n) is 1.29. The average molecular weight is 256 g/mol. The topological polar surface area (TPSA) is 84.2 Å². The van der Waals surface area contributed by atoms with Crippen molar-refractivity contribution in [3.05, 3.63) is 28.8 Å². The first-order chi connectivity index (χ1) is 8.08. The monoisotopic (exact) mass is 255 g/mol. The van der Waals surface area contributed by atoms with Crippen molar-refractivity contribution < 1.29 is 9.59 Å². The molecule has 0 spiro atoms. The standard InChI is InChI=1S/C11H14ClN3O2/c1-14-11(17)8-6-7(12)2-3-9(8)15-10(16)4-5-13/h2-3,6H,4-5,13H2,1H3,(H,14,17)(H,15,16). The predicted octanol–water partition coefficient (Wildman–Crippen LogP) is 0.987. The minimum Gasteiger partial charge on any atom is -0.355 e. The summed E-state index contributed by atoms with van der Waals surface area (Å²) in [5.41, 5.74) is 6.02. The Bertz CT molecular complexity index is 435. The fourth-order valence-corrected chi connectivity index (χ4v) is 1.46. The lowest BCUT2D eigenvalue weighted by atomic mass is 10.1. The van der Waals surface area contributed by atoms with E-state index in [9.17, 15) is 9.59 Å². The zero-order valence-corrected chi connectivity index (χ0v) is 10.2. The van der Waals surface area contributed by atoms with E-state index in [0.717, 1.165) is 0 Å². The highest BCUT2D eigenvalue weighted by Crippen LogP contribution is 2.20. The van der Waals surface area contributed by atoms with Crippen LogP contribution in [0.15, 0.2) is 18.2 Å². The van der Waals surface area contributed by atoms with Gasteiger partial charge in [0.2, 0.25) is 5.91 Å². The molecule has 92 valence electrons. The maximum atomic E-state index is 11.6. The van der Waals surface area contributed by atoms with Crippen molar-refractivity contribution in [2.24, 2.45) is 5.73 Å². The minimum atomic E-state index is -0.310. The first-order valence-electron chi connectivity index (χ1n) is 5.10. The van der Waals surface area contributed by atoms with Gasteiger partial charge >= 0.3 is 0 Å². The molecule has 0 fully saturated rings. The molecule has 0 radical (unpaired) electrons. The van der Waals surface area contributed by atoms with Gasteiger partial charge in [0, 0.05) is 25.0 Å². The number of anilines is 1. The maximum Gasteiger partial charge on any atom is 0.253 e.